The van der Waals surface area contributed by atoms with E-state index in [0.29, 0.717) is 46.5 Å². The first-order valence-electron chi connectivity index (χ1n) is 9.15. The molecule has 0 aliphatic carbocycles. The van der Waals surface area contributed by atoms with Crippen LogP contribution < -0.4 is 16.0 Å². The molecule has 0 saturated carbocycles. The van der Waals surface area contributed by atoms with Crippen molar-refractivity contribution in [2.45, 2.75) is 26.3 Å². The number of carbonyl (C=O) groups excluding carboxylic acids is 2. The molecule has 0 aliphatic heterocycles. The Morgan fingerprint density at radius 3 is 2.72 bits per heavy atom. The number of amides is 2. The third-order valence-electron chi connectivity index (χ3n) is 4.36. The molecule has 3 aromatic rings. The lowest BCUT2D eigenvalue weighted by Gasteiger charge is -2.12. The number of anilines is 3. The Labute approximate surface area is 173 Å². The van der Waals surface area contributed by atoms with E-state index in [1.54, 1.807) is 18.3 Å². The highest BCUT2D eigenvalue weighted by Crippen LogP contribution is 2.26. The van der Waals surface area contributed by atoms with Gasteiger partial charge in [-0.3, -0.25) is 9.89 Å². The first kappa shape index (κ1) is 20.4. The fraction of sp³-hybridized carbons (Fsp3) is 0.190. The van der Waals surface area contributed by atoms with Gasteiger partial charge >= 0.3 is 6.03 Å². The molecule has 3 rings (SSSR count). The Morgan fingerprint density at radius 2 is 2.00 bits per heavy atom. The zero-order valence-electron chi connectivity index (χ0n) is 16.1. The highest BCUT2D eigenvalue weighted by atomic mass is 35.5. The lowest BCUT2D eigenvalue weighted by molar-refractivity contribution is 0.111. The molecule has 150 valence electrons. The first-order valence-corrected chi connectivity index (χ1v) is 9.53. The van der Waals surface area contributed by atoms with Crippen LogP contribution in [-0.2, 0) is 6.54 Å². The highest BCUT2D eigenvalue weighted by molar-refractivity contribution is 6.33. The van der Waals surface area contributed by atoms with Gasteiger partial charge in [0.15, 0.2) is 6.29 Å². The van der Waals surface area contributed by atoms with Crippen molar-refractivity contribution >= 4 is 41.0 Å². The van der Waals surface area contributed by atoms with Crippen molar-refractivity contribution in [3.05, 3.63) is 70.5 Å². The number of aromatic amines is 1. The molecule has 0 spiro atoms. The summed E-state index contributed by atoms with van der Waals surface area (Å²) < 4.78 is 0. The molecule has 1 aromatic heterocycles. The van der Waals surface area contributed by atoms with E-state index in [1.807, 2.05) is 30.3 Å². The normalized spacial score (nSPS) is 10.6. The number of aldehydes is 1. The predicted octanol–water partition coefficient (Wildman–Crippen LogP) is 5.26. The van der Waals surface area contributed by atoms with Crippen molar-refractivity contribution in [1.82, 2.24) is 10.2 Å². The molecule has 7 nitrogen and oxygen atoms in total. The van der Waals surface area contributed by atoms with Gasteiger partial charge in [-0.05, 0) is 41.3 Å². The number of carbonyl (C=O) groups is 2. The maximum absolute atomic E-state index is 12.3. The van der Waals surface area contributed by atoms with E-state index in [0.717, 1.165) is 11.1 Å². The lowest BCUT2D eigenvalue weighted by Crippen LogP contribution is -2.19. The van der Waals surface area contributed by atoms with Crippen molar-refractivity contribution in [2.75, 3.05) is 16.0 Å². The minimum Gasteiger partial charge on any atom is -0.378 e. The molecule has 0 saturated heterocycles. The standard InChI is InChI=1S/C21H22ClN5O2/c1-13(2)15-6-7-18(17(22)9-15)26-21(29)25-16-5-3-4-14(8-16)10-23-19-11-24-27-20(19)12-28/h3-9,11-13,23H,10H2,1-2H3,(H,24,27)(H2,25,26,29). The Bertz CT molecular complexity index is 1020. The van der Waals surface area contributed by atoms with Gasteiger partial charge in [0, 0.05) is 18.4 Å². The third kappa shape index (κ3) is 5.36. The molecule has 8 heteroatoms. The Balaban J connectivity index is 1.61. The van der Waals surface area contributed by atoms with Gasteiger partial charge in [0.05, 0.1) is 16.4 Å². The van der Waals surface area contributed by atoms with Crippen LogP contribution in [0.1, 0.15) is 41.4 Å². The summed E-state index contributed by atoms with van der Waals surface area (Å²) in [4.78, 5) is 23.3. The van der Waals surface area contributed by atoms with Gasteiger partial charge in [0.1, 0.15) is 5.69 Å². The first-order chi connectivity index (χ1) is 14.0. The number of rotatable bonds is 7. The van der Waals surface area contributed by atoms with Gasteiger partial charge < -0.3 is 16.0 Å². The van der Waals surface area contributed by atoms with Crippen LogP contribution in [0.25, 0.3) is 0 Å². The van der Waals surface area contributed by atoms with Gasteiger partial charge in [-0.2, -0.15) is 5.10 Å². The minimum absolute atomic E-state index is 0.319. The average Bonchev–Trinajstić information content (AvgIpc) is 3.15. The van der Waals surface area contributed by atoms with Crippen LogP contribution in [0.5, 0.6) is 0 Å². The van der Waals surface area contributed by atoms with Crippen LogP contribution >= 0.6 is 11.6 Å². The van der Waals surface area contributed by atoms with E-state index in [2.05, 4.69) is 40.0 Å². The Kier molecular flexibility index (Phi) is 6.51. The van der Waals surface area contributed by atoms with E-state index in [-0.39, 0.29) is 6.03 Å². The van der Waals surface area contributed by atoms with Crippen molar-refractivity contribution in [1.29, 1.82) is 0 Å². The summed E-state index contributed by atoms with van der Waals surface area (Å²) in [5, 5.41) is 15.7. The maximum atomic E-state index is 12.3. The molecule has 0 unspecified atom stereocenters. The van der Waals surface area contributed by atoms with Crippen LogP contribution in [0, 0.1) is 0 Å². The van der Waals surface area contributed by atoms with Gasteiger partial charge in [-0.1, -0.05) is 43.6 Å². The van der Waals surface area contributed by atoms with Crippen molar-refractivity contribution in [2.24, 2.45) is 0 Å². The second-order valence-electron chi connectivity index (χ2n) is 6.83. The van der Waals surface area contributed by atoms with E-state index in [1.165, 1.54) is 0 Å². The smallest absolute Gasteiger partial charge is 0.323 e. The number of halogens is 1. The third-order valence-corrected chi connectivity index (χ3v) is 4.67. The minimum atomic E-state index is -0.382. The Morgan fingerprint density at radius 1 is 1.17 bits per heavy atom. The summed E-state index contributed by atoms with van der Waals surface area (Å²) >= 11 is 6.28. The molecule has 2 amide bonds. The molecule has 0 bridgehead atoms. The average molecular weight is 412 g/mol. The monoisotopic (exact) mass is 411 g/mol. The van der Waals surface area contributed by atoms with Gasteiger partial charge in [-0.25, -0.2) is 4.79 Å². The molecular formula is C21H22ClN5O2. The largest absolute Gasteiger partial charge is 0.378 e. The van der Waals surface area contributed by atoms with Crippen LogP contribution in [0.15, 0.2) is 48.7 Å². The fourth-order valence-electron chi connectivity index (χ4n) is 2.76. The molecule has 29 heavy (non-hydrogen) atoms. The van der Waals surface area contributed by atoms with Gasteiger partial charge in [0.2, 0.25) is 0 Å². The van der Waals surface area contributed by atoms with Crippen LogP contribution in [0.3, 0.4) is 0 Å². The molecule has 1 heterocycles. The second kappa shape index (κ2) is 9.25. The Hall–Kier alpha value is -3.32. The lowest BCUT2D eigenvalue weighted by atomic mass is 10.0. The summed E-state index contributed by atoms with van der Waals surface area (Å²) in [6.45, 7) is 4.64. The van der Waals surface area contributed by atoms with Crippen LogP contribution in [0.4, 0.5) is 21.9 Å². The summed E-state index contributed by atoms with van der Waals surface area (Å²) in [6, 6.07) is 12.6. The quantitative estimate of drug-likeness (QED) is 0.399. The number of nitrogens with one attached hydrogen (secondary N) is 4. The summed E-state index contributed by atoms with van der Waals surface area (Å²) in [7, 11) is 0. The molecule has 0 radical (unpaired) electrons. The van der Waals surface area contributed by atoms with Crippen molar-refractivity contribution in [3.8, 4) is 0 Å². The molecular weight excluding hydrogens is 390 g/mol. The maximum Gasteiger partial charge on any atom is 0.323 e. The fourth-order valence-corrected chi connectivity index (χ4v) is 3.00. The van der Waals surface area contributed by atoms with Gasteiger partial charge in [0.25, 0.3) is 0 Å². The summed E-state index contributed by atoms with van der Waals surface area (Å²) in [5.41, 5.74) is 4.17. The number of urea groups is 1. The van der Waals surface area contributed by atoms with E-state index in [4.69, 9.17) is 11.6 Å². The number of hydrogen-bond donors (Lipinski definition) is 4. The summed E-state index contributed by atoms with van der Waals surface area (Å²) in [5.74, 6) is 0.358. The molecule has 0 fully saturated rings. The number of nitrogens with zero attached hydrogens (tertiary/aromatic N) is 1. The SMILES string of the molecule is CC(C)c1ccc(NC(=O)Nc2cccc(CNc3c[nH]nc3C=O)c2)c(Cl)c1. The number of hydrogen-bond acceptors (Lipinski definition) is 4. The zero-order chi connectivity index (χ0) is 20.8. The summed E-state index contributed by atoms with van der Waals surface area (Å²) in [6.07, 6.45) is 2.30. The molecule has 4 N–H and O–H groups in total. The molecule has 0 aliphatic rings. The molecule has 0 atom stereocenters. The zero-order valence-corrected chi connectivity index (χ0v) is 16.9. The molecule has 2 aromatic carbocycles. The highest BCUT2D eigenvalue weighted by Gasteiger charge is 2.09. The van der Waals surface area contributed by atoms with Gasteiger partial charge in [-0.15, -0.1) is 0 Å². The number of aromatic nitrogens is 2. The topological polar surface area (TPSA) is 98.9 Å². The van der Waals surface area contributed by atoms with E-state index < -0.39 is 0 Å². The number of benzene rings is 2. The van der Waals surface area contributed by atoms with E-state index >= 15 is 0 Å². The number of H-pyrrole nitrogens is 1. The van der Waals surface area contributed by atoms with Crippen LogP contribution in [0.2, 0.25) is 5.02 Å². The van der Waals surface area contributed by atoms with Crippen LogP contribution in [-0.4, -0.2) is 22.5 Å². The van der Waals surface area contributed by atoms with E-state index in [9.17, 15) is 9.59 Å². The predicted molar refractivity (Wildman–Crippen MR) is 116 cm³/mol. The van der Waals surface area contributed by atoms with Crippen molar-refractivity contribution in [3.63, 3.8) is 0 Å². The van der Waals surface area contributed by atoms with Crippen molar-refractivity contribution < 1.29 is 9.59 Å². The second-order valence-corrected chi connectivity index (χ2v) is 7.24.